The van der Waals surface area contributed by atoms with E-state index in [2.05, 4.69) is 25.2 Å². The van der Waals surface area contributed by atoms with Gasteiger partial charge in [-0.15, -0.1) is 0 Å². The van der Waals surface area contributed by atoms with E-state index in [9.17, 15) is 4.79 Å². The summed E-state index contributed by atoms with van der Waals surface area (Å²) in [5, 5.41) is -0.222. The van der Waals surface area contributed by atoms with Crippen molar-refractivity contribution in [1.82, 2.24) is 0 Å². The number of benzene rings is 1. The third-order valence-electron chi connectivity index (χ3n) is 2.41. The van der Waals surface area contributed by atoms with Gasteiger partial charge in [-0.1, -0.05) is 43.4 Å². The lowest BCUT2D eigenvalue weighted by atomic mass is 10.1. The van der Waals surface area contributed by atoms with E-state index < -0.39 is 8.80 Å². The molecular formula is C11H15ClOSi. The Morgan fingerprint density at radius 1 is 1.36 bits per heavy atom. The van der Waals surface area contributed by atoms with Gasteiger partial charge < -0.3 is 0 Å². The number of carbonyl (C=O) groups excluding carboxylic acids is 1. The zero-order valence-electron chi connectivity index (χ0n) is 8.53. The van der Waals surface area contributed by atoms with Crippen molar-refractivity contribution in [2.75, 3.05) is 0 Å². The minimum absolute atomic E-state index is 0.222. The molecule has 0 saturated heterocycles. The highest BCUT2D eigenvalue weighted by atomic mass is 35.5. The van der Waals surface area contributed by atoms with Crippen molar-refractivity contribution >= 4 is 25.6 Å². The van der Waals surface area contributed by atoms with Gasteiger partial charge in [0, 0.05) is 15.2 Å². The Labute approximate surface area is 91.7 Å². The van der Waals surface area contributed by atoms with Crippen LogP contribution in [0.3, 0.4) is 0 Å². The lowest BCUT2D eigenvalue weighted by Gasteiger charge is -2.18. The molecule has 0 radical (unpaired) electrons. The van der Waals surface area contributed by atoms with E-state index in [1.165, 1.54) is 5.56 Å². The molecule has 0 aliphatic heterocycles. The molecule has 76 valence electrons. The van der Waals surface area contributed by atoms with Crippen molar-refractivity contribution < 1.29 is 4.79 Å². The summed E-state index contributed by atoms with van der Waals surface area (Å²) in [6, 6.07) is 10.2. The quantitative estimate of drug-likeness (QED) is 0.570. The third kappa shape index (κ3) is 3.27. The highest BCUT2D eigenvalue weighted by molar-refractivity contribution is 6.65. The maximum atomic E-state index is 10.9. The molecule has 14 heavy (non-hydrogen) atoms. The summed E-state index contributed by atoms with van der Waals surface area (Å²) in [5.74, 6) is 0. The SMILES string of the molecule is C[SiH](C)C(CC(=O)Cl)c1ccccc1. The molecule has 1 aromatic carbocycles. The van der Waals surface area contributed by atoms with Crippen LogP contribution < -0.4 is 0 Å². The van der Waals surface area contributed by atoms with Crippen molar-refractivity contribution in [2.45, 2.75) is 25.1 Å². The average Bonchev–Trinajstić information content (AvgIpc) is 2.15. The summed E-state index contributed by atoms with van der Waals surface area (Å²) >= 11 is 5.45. The van der Waals surface area contributed by atoms with E-state index in [0.29, 0.717) is 12.0 Å². The first-order valence-electron chi connectivity index (χ1n) is 4.84. The van der Waals surface area contributed by atoms with Crippen molar-refractivity contribution in [3.63, 3.8) is 0 Å². The van der Waals surface area contributed by atoms with Gasteiger partial charge in [0.15, 0.2) is 0 Å². The number of rotatable bonds is 4. The van der Waals surface area contributed by atoms with E-state index in [-0.39, 0.29) is 5.24 Å². The van der Waals surface area contributed by atoms with Crippen LogP contribution >= 0.6 is 11.6 Å². The fourth-order valence-electron chi connectivity index (χ4n) is 1.61. The van der Waals surface area contributed by atoms with E-state index in [0.717, 1.165) is 0 Å². The van der Waals surface area contributed by atoms with Gasteiger partial charge in [-0.3, -0.25) is 4.79 Å². The van der Waals surface area contributed by atoms with Gasteiger partial charge in [0.25, 0.3) is 0 Å². The molecule has 1 atom stereocenters. The summed E-state index contributed by atoms with van der Waals surface area (Å²) in [5.41, 5.74) is 1.63. The van der Waals surface area contributed by atoms with Crippen LogP contribution in [0.2, 0.25) is 13.1 Å². The second-order valence-corrected chi connectivity index (χ2v) is 7.53. The lowest BCUT2D eigenvalue weighted by Crippen LogP contribution is -2.18. The summed E-state index contributed by atoms with van der Waals surface area (Å²) < 4.78 is 0. The molecule has 3 heteroatoms. The Balaban J connectivity index is 2.83. The Morgan fingerprint density at radius 2 is 1.93 bits per heavy atom. The Bertz CT molecular complexity index is 297. The normalized spacial score (nSPS) is 12.9. The van der Waals surface area contributed by atoms with E-state index in [1.54, 1.807) is 0 Å². The minimum Gasteiger partial charge on any atom is -0.281 e. The van der Waals surface area contributed by atoms with Crippen molar-refractivity contribution in [3.8, 4) is 0 Å². The van der Waals surface area contributed by atoms with Gasteiger partial charge in [0.2, 0.25) is 5.24 Å². The minimum atomic E-state index is -0.874. The molecule has 1 aromatic rings. The average molecular weight is 227 g/mol. The predicted octanol–water partition coefficient (Wildman–Crippen LogP) is 2.95. The number of hydrogen-bond acceptors (Lipinski definition) is 1. The van der Waals surface area contributed by atoms with Crippen LogP contribution in [-0.4, -0.2) is 14.0 Å². The van der Waals surface area contributed by atoms with Crippen molar-refractivity contribution in [3.05, 3.63) is 35.9 Å². The molecule has 0 bridgehead atoms. The Kier molecular flexibility index (Phi) is 4.36. The van der Waals surface area contributed by atoms with Crippen LogP contribution in [0.1, 0.15) is 17.5 Å². The summed E-state index contributed by atoms with van der Waals surface area (Å²) in [4.78, 5) is 10.9. The smallest absolute Gasteiger partial charge is 0.221 e. The van der Waals surface area contributed by atoms with Crippen LogP contribution in [0.5, 0.6) is 0 Å². The standard InChI is InChI=1S/C11H15ClOSi/c1-14(2)10(8-11(12)13)9-6-4-3-5-7-9/h3-7,10,14H,8H2,1-2H3. The Hall–Kier alpha value is -0.603. The fraction of sp³-hybridized carbons (Fsp3) is 0.364. The molecule has 0 fully saturated rings. The summed E-state index contributed by atoms with van der Waals surface area (Å²) in [6.45, 7) is 4.50. The monoisotopic (exact) mass is 226 g/mol. The molecule has 0 N–H and O–H groups in total. The van der Waals surface area contributed by atoms with Crippen molar-refractivity contribution in [1.29, 1.82) is 0 Å². The molecule has 0 heterocycles. The van der Waals surface area contributed by atoms with E-state index in [1.807, 2.05) is 18.2 Å². The van der Waals surface area contributed by atoms with E-state index >= 15 is 0 Å². The second-order valence-electron chi connectivity index (χ2n) is 3.82. The van der Waals surface area contributed by atoms with Crippen LogP contribution in [0, 0.1) is 0 Å². The largest absolute Gasteiger partial charge is 0.281 e. The molecule has 0 saturated carbocycles. The van der Waals surface area contributed by atoms with Crippen LogP contribution in [0.25, 0.3) is 0 Å². The van der Waals surface area contributed by atoms with Crippen LogP contribution in [0.4, 0.5) is 0 Å². The highest BCUT2D eigenvalue weighted by Crippen LogP contribution is 2.23. The van der Waals surface area contributed by atoms with Crippen LogP contribution in [0.15, 0.2) is 30.3 Å². The maximum absolute atomic E-state index is 10.9. The first-order chi connectivity index (χ1) is 6.61. The maximum Gasteiger partial charge on any atom is 0.221 e. The molecule has 1 nitrogen and oxygen atoms in total. The first-order valence-corrected chi connectivity index (χ1v) is 8.20. The number of halogens is 1. The number of hydrogen-bond donors (Lipinski definition) is 0. The molecule has 1 unspecified atom stereocenters. The zero-order valence-corrected chi connectivity index (χ0v) is 10.4. The molecule has 1 rings (SSSR count). The van der Waals surface area contributed by atoms with Gasteiger partial charge in [-0.2, -0.15) is 0 Å². The fourth-order valence-corrected chi connectivity index (χ4v) is 3.60. The zero-order chi connectivity index (χ0) is 10.6. The highest BCUT2D eigenvalue weighted by Gasteiger charge is 2.18. The molecule has 0 amide bonds. The van der Waals surface area contributed by atoms with Gasteiger partial charge in [-0.05, 0) is 22.7 Å². The van der Waals surface area contributed by atoms with Gasteiger partial charge >= 0.3 is 0 Å². The van der Waals surface area contributed by atoms with Gasteiger partial charge in [0.1, 0.15) is 0 Å². The molecular weight excluding hydrogens is 212 g/mol. The third-order valence-corrected chi connectivity index (χ3v) is 4.80. The van der Waals surface area contributed by atoms with Crippen LogP contribution in [-0.2, 0) is 4.79 Å². The topological polar surface area (TPSA) is 17.1 Å². The summed E-state index contributed by atoms with van der Waals surface area (Å²) in [7, 11) is -0.874. The van der Waals surface area contributed by atoms with E-state index in [4.69, 9.17) is 11.6 Å². The first kappa shape index (κ1) is 11.5. The molecule has 0 aliphatic carbocycles. The molecule has 0 spiro atoms. The Morgan fingerprint density at radius 3 is 2.36 bits per heavy atom. The summed E-state index contributed by atoms with van der Waals surface area (Å²) in [6.07, 6.45) is 0.482. The lowest BCUT2D eigenvalue weighted by molar-refractivity contribution is -0.111. The molecule has 0 aliphatic rings. The molecule has 0 aromatic heterocycles. The van der Waals surface area contributed by atoms with Crippen molar-refractivity contribution in [2.24, 2.45) is 0 Å². The van der Waals surface area contributed by atoms with Gasteiger partial charge in [0.05, 0.1) is 0 Å². The second kappa shape index (κ2) is 5.32. The van der Waals surface area contributed by atoms with Gasteiger partial charge in [-0.25, -0.2) is 0 Å². The number of carbonyl (C=O) groups is 1. The predicted molar refractivity (Wildman–Crippen MR) is 63.5 cm³/mol.